The van der Waals surface area contributed by atoms with E-state index in [4.69, 9.17) is 11.6 Å². The van der Waals surface area contributed by atoms with Gasteiger partial charge in [-0.25, -0.2) is 0 Å². The van der Waals surface area contributed by atoms with Gasteiger partial charge in [-0.3, -0.25) is 9.59 Å². The molecule has 1 aromatic carbocycles. The number of carbonyl (C=O) groups excluding carboxylic acids is 2. The highest BCUT2D eigenvalue weighted by Gasteiger charge is 2.33. The summed E-state index contributed by atoms with van der Waals surface area (Å²) in [5.41, 5.74) is 2.91. The normalized spacial score (nSPS) is 21.9. The first-order chi connectivity index (χ1) is 13.1. The van der Waals surface area contributed by atoms with Gasteiger partial charge in [-0.1, -0.05) is 26.2 Å². The van der Waals surface area contributed by atoms with Crippen LogP contribution in [-0.2, 0) is 11.2 Å². The SMILES string of the molecule is CCCCC1CCC(C(=O)N2CCc3cc(C(=O)CCCCl)ccc32)CC1. The molecule has 1 saturated carbocycles. The molecule has 27 heavy (non-hydrogen) atoms. The topological polar surface area (TPSA) is 37.4 Å². The van der Waals surface area contributed by atoms with Gasteiger partial charge in [0.15, 0.2) is 5.78 Å². The van der Waals surface area contributed by atoms with Crippen molar-refractivity contribution in [2.45, 2.75) is 71.1 Å². The van der Waals surface area contributed by atoms with Gasteiger partial charge in [0, 0.05) is 36.0 Å². The Morgan fingerprint density at radius 3 is 2.63 bits per heavy atom. The minimum Gasteiger partial charge on any atom is -0.312 e. The van der Waals surface area contributed by atoms with Crippen molar-refractivity contribution >= 4 is 29.0 Å². The quantitative estimate of drug-likeness (QED) is 0.417. The molecule has 0 aromatic heterocycles. The highest BCUT2D eigenvalue weighted by molar-refractivity contribution is 6.18. The third-order valence-electron chi connectivity index (χ3n) is 6.26. The molecule has 0 N–H and O–H groups in total. The number of nitrogens with zero attached hydrogens (tertiary/aromatic N) is 1. The number of rotatable bonds is 8. The molecule has 0 unspecified atom stereocenters. The second-order valence-electron chi connectivity index (χ2n) is 8.16. The summed E-state index contributed by atoms with van der Waals surface area (Å²) in [6.45, 7) is 3.00. The Morgan fingerprint density at radius 1 is 1.15 bits per heavy atom. The van der Waals surface area contributed by atoms with Crippen LogP contribution >= 0.6 is 11.6 Å². The molecule has 0 saturated heterocycles. The lowest BCUT2D eigenvalue weighted by Crippen LogP contribution is -2.36. The van der Waals surface area contributed by atoms with Gasteiger partial charge in [-0.15, -0.1) is 11.6 Å². The molecule has 1 aliphatic carbocycles. The van der Waals surface area contributed by atoms with Crippen molar-refractivity contribution in [2.24, 2.45) is 11.8 Å². The van der Waals surface area contributed by atoms with Crippen molar-refractivity contribution in [2.75, 3.05) is 17.3 Å². The lowest BCUT2D eigenvalue weighted by Gasteiger charge is -2.30. The molecule has 3 rings (SSSR count). The predicted octanol–water partition coefficient (Wildman–Crippen LogP) is 5.77. The Balaban J connectivity index is 1.60. The summed E-state index contributed by atoms with van der Waals surface area (Å²) in [6, 6.07) is 5.84. The van der Waals surface area contributed by atoms with E-state index in [1.807, 2.05) is 23.1 Å². The van der Waals surface area contributed by atoms with Gasteiger partial charge in [-0.05, 0) is 68.2 Å². The third kappa shape index (κ3) is 4.93. The van der Waals surface area contributed by atoms with E-state index in [1.54, 1.807) is 0 Å². The van der Waals surface area contributed by atoms with Crippen LogP contribution < -0.4 is 4.90 Å². The number of hydrogen-bond donors (Lipinski definition) is 0. The lowest BCUT2D eigenvalue weighted by atomic mass is 9.79. The number of hydrogen-bond acceptors (Lipinski definition) is 2. The molecule has 1 aliphatic heterocycles. The molecule has 2 aliphatic rings. The number of alkyl halides is 1. The molecule has 0 radical (unpaired) electrons. The molecule has 148 valence electrons. The van der Waals surface area contributed by atoms with Crippen molar-refractivity contribution in [1.29, 1.82) is 0 Å². The van der Waals surface area contributed by atoms with Gasteiger partial charge >= 0.3 is 0 Å². The van der Waals surface area contributed by atoms with Crippen LogP contribution in [0, 0.1) is 11.8 Å². The maximum Gasteiger partial charge on any atom is 0.230 e. The zero-order chi connectivity index (χ0) is 19.2. The van der Waals surface area contributed by atoms with Gasteiger partial charge in [0.05, 0.1) is 0 Å². The summed E-state index contributed by atoms with van der Waals surface area (Å²) in [6.07, 6.45) is 10.4. The fourth-order valence-electron chi connectivity index (χ4n) is 4.59. The molecular weight excluding hydrogens is 358 g/mol. The average molecular weight is 390 g/mol. The average Bonchev–Trinajstić information content (AvgIpc) is 3.13. The first kappa shape index (κ1) is 20.4. The Bertz CT molecular complexity index is 664. The number of halogens is 1. The minimum absolute atomic E-state index is 0.147. The van der Waals surface area contributed by atoms with Crippen LogP contribution in [0.2, 0.25) is 0 Å². The van der Waals surface area contributed by atoms with Gasteiger partial charge in [0.2, 0.25) is 5.91 Å². The third-order valence-corrected chi connectivity index (χ3v) is 6.53. The minimum atomic E-state index is 0.147. The lowest BCUT2D eigenvalue weighted by molar-refractivity contribution is -0.123. The van der Waals surface area contributed by atoms with Crippen molar-refractivity contribution in [1.82, 2.24) is 0 Å². The number of carbonyl (C=O) groups is 2. The van der Waals surface area contributed by atoms with Crippen LogP contribution in [0.4, 0.5) is 5.69 Å². The zero-order valence-electron chi connectivity index (χ0n) is 16.5. The van der Waals surface area contributed by atoms with Crippen molar-refractivity contribution in [3.05, 3.63) is 29.3 Å². The van der Waals surface area contributed by atoms with Gasteiger partial charge in [0.1, 0.15) is 0 Å². The van der Waals surface area contributed by atoms with E-state index in [9.17, 15) is 9.59 Å². The molecule has 4 heteroatoms. The van der Waals surface area contributed by atoms with E-state index in [-0.39, 0.29) is 11.7 Å². The fraction of sp³-hybridized carbons (Fsp3) is 0.652. The number of Topliss-reactive ketones (excluding diaryl/α,β-unsaturated/α-hetero) is 1. The molecule has 1 fully saturated rings. The second-order valence-corrected chi connectivity index (χ2v) is 8.54. The highest BCUT2D eigenvalue weighted by Crippen LogP contribution is 2.36. The number of ketones is 1. The zero-order valence-corrected chi connectivity index (χ0v) is 17.3. The van der Waals surface area contributed by atoms with Crippen LogP contribution in [0.3, 0.4) is 0 Å². The predicted molar refractivity (Wildman–Crippen MR) is 112 cm³/mol. The van der Waals surface area contributed by atoms with Crippen molar-refractivity contribution in [3.8, 4) is 0 Å². The van der Waals surface area contributed by atoms with Gasteiger partial charge in [0.25, 0.3) is 0 Å². The van der Waals surface area contributed by atoms with E-state index >= 15 is 0 Å². The van der Waals surface area contributed by atoms with E-state index in [0.29, 0.717) is 24.6 Å². The number of unbranched alkanes of at least 4 members (excludes halogenated alkanes) is 1. The number of fused-ring (bicyclic) bond motifs is 1. The Hall–Kier alpha value is -1.35. The second kappa shape index (κ2) is 9.73. The summed E-state index contributed by atoms with van der Waals surface area (Å²) in [7, 11) is 0. The summed E-state index contributed by atoms with van der Waals surface area (Å²) >= 11 is 5.69. The van der Waals surface area contributed by atoms with Gasteiger partial charge in [-0.2, -0.15) is 0 Å². The molecule has 1 aromatic rings. The van der Waals surface area contributed by atoms with Crippen LogP contribution in [0.25, 0.3) is 0 Å². The largest absolute Gasteiger partial charge is 0.312 e. The number of amides is 1. The van der Waals surface area contributed by atoms with Gasteiger partial charge < -0.3 is 4.90 Å². The summed E-state index contributed by atoms with van der Waals surface area (Å²) in [5.74, 6) is 1.96. The van der Waals surface area contributed by atoms with Crippen molar-refractivity contribution in [3.63, 3.8) is 0 Å². The van der Waals surface area contributed by atoms with E-state index in [1.165, 1.54) is 32.1 Å². The molecule has 0 atom stereocenters. The number of benzene rings is 1. The molecule has 1 heterocycles. The van der Waals surface area contributed by atoms with Crippen LogP contribution in [-0.4, -0.2) is 24.1 Å². The van der Waals surface area contributed by atoms with Crippen LogP contribution in [0.5, 0.6) is 0 Å². The molecule has 0 bridgehead atoms. The highest BCUT2D eigenvalue weighted by atomic mass is 35.5. The van der Waals surface area contributed by atoms with Crippen molar-refractivity contribution < 1.29 is 9.59 Å². The van der Waals surface area contributed by atoms with E-state index in [2.05, 4.69) is 6.92 Å². The van der Waals surface area contributed by atoms with Crippen LogP contribution in [0.1, 0.15) is 80.6 Å². The molecule has 3 nitrogen and oxygen atoms in total. The maximum absolute atomic E-state index is 13.1. The summed E-state index contributed by atoms with van der Waals surface area (Å²) in [5, 5.41) is 0. The molecule has 1 amide bonds. The molecule has 0 spiro atoms. The summed E-state index contributed by atoms with van der Waals surface area (Å²) in [4.78, 5) is 27.3. The Kier molecular flexibility index (Phi) is 7.34. The first-order valence-electron chi connectivity index (χ1n) is 10.7. The van der Waals surface area contributed by atoms with E-state index in [0.717, 1.165) is 48.5 Å². The maximum atomic E-state index is 13.1. The number of anilines is 1. The summed E-state index contributed by atoms with van der Waals surface area (Å²) < 4.78 is 0. The fourth-order valence-corrected chi connectivity index (χ4v) is 4.72. The van der Waals surface area contributed by atoms with Crippen LogP contribution in [0.15, 0.2) is 18.2 Å². The Labute approximate surface area is 168 Å². The Morgan fingerprint density at radius 2 is 1.93 bits per heavy atom. The molecular formula is C23H32ClNO2. The van der Waals surface area contributed by atoms with E-state index < -0.39 is 0 Å². The smallest absolute Gasteiger partial charge is 0.230 e. The standard InChI is InChI=1S/C23H32ClNO2/c1-2-3-5-17-7-9-18(10-8-17)23(27)25-15-13-19-16-20(11-12-21(19)25)22(26)6-4-14-24/h11-12,16-18H,2-10,13-15H2,1H3. The monoisotopic (exact) mass is 389 g/mol. The first-order valence-corrected chi connectivity index (χ1v) is 11.2.